The Morgan fingerprint density at radius 1 is 1.38 bits per heavy atom. The molecule has 0 saturated carbocycles. The summed E-state index contributed by atoms with van der Waals surface area (Å²) in [6.45, 7) is 3.83. The zero-order chi connectivity index (χ0) is 12.2. The van der Waals surface area contributed by atoms with Gasteiger partial charge in [-0.1, -0.05) is 32.4 Å². The van der Waals surface area contributed by atoms with Crippen molar-refractivity contribution in [2.24, 2.45) is 0 Å². The summed E-state index contributed by atoms with van der Waals surface area (Å²) < 4.78 is 18.9. The van der Waals surface area contributed by atoms with E-state index in [0.717, 1.165) is 6.42 Å². The van der Waals surface area contributed by atoms with E-state index in [-0.39, 0.29) is 5.75 Å². The third kappa shape index (κ3) is 2.35. The molecular formula is C13H19FO2. The summed E-state index contributed by atoms with van der Waals surface area (Å²) in [6, 6.07) is 4.88. The topological polar surface area (TPSA) is 29.5 Å². The molecule has 0 aliphatic carbocycles. The minimum absolute atomic E-state index is 0.181. The molecule has 2 nitrogen and oxygen atoms in total. The summed E-state index contributed by atoms with van der Waals surface area (Å²) in [5.41, 5.74) is -0.760. The van der Waals surface area contributed by atoms with Gasteiger partial charge in [0, 0.05) is 5.56 Å². The van der Waals surface area contributed by atoms with Gasteiger partial charge in [0.1, 0.15) is 0 Å². The van der Waals surface area contributed by atoms with Crippen LogP contribution in [0.15, 0.2) is 18.2 Å². The molecule has 0 radical (unpaired) electrons. The van der Waals surface area contributed by atoms with E-state index < -0.39 is 11.4 Å². The molecule has 3 heteroatoms. The monoisotopic (exact) mass is 226 g/mol. The van der Waals surface area contributed by atoms with Crippen LogP contribution in [0.2, 0.25) is 0 Å². The van der Waals surface area contributed by atoms with Gasteiger partial charge < -0.3 is 9.84 Å². The predicted octanol–water partition coefficient (Wildman–Crippen LogP) is 3.23. The quantitative estimate of drug-likeness (QED) is 0.835. The predicted molar refractivity (Wildman–Crippen MR) is 62.0 cm³/mol. The maximum atomic E-state index is 14.0. The number of hydrogen-bond acceptors (Lipinski definition) is 2. The molecule has 0 aliphatic rings. The van der Waals surface area contributed by atoms with E-state index in [1.165, 1.54) is 7.11 Å². The van der Waals surface area contributed by atoms with E-state index in [2.05, 4.69) is 0 Å². The molecule has 0 spiro atoms. The van der Waals surface area contributed by atoms with Crippen molar-refractivity contribution in [3.05, 3.63) is 29.6 Å². The molecule has 1 aromatic carbocycles. The second kappa shape index (κ2) is 5.30. The summed E-state index contributed by atoms with van der Waals surface area (Å²) in [4.78, 5) is 0. The van der Waals surface area contributed by atoms with E-state index >= 15 is 0 Å². The van der Waals surface area contributed by atoms with Gasteiger partial charge in [-0.3, -0.25) is 0 Å². The van der Waals surface area contributed by atoms with Crippen molar-refractivity contribution in [2.75, 3.05) is 7.11 Å². The first kappa shape index (κ1) is 13.0. The molecule has 90 valence electrons. The first-order valence-electron chi connectivity index (χ1n) is 5.64. The third-order valence-electron chi connectivity index (χ3n) is 2.93. The highest BCUT2D eigenvalue weighted by molar-refractivity contribution is 5.34. The average Bonchev–Trinajstić information content (AvgIpc) is 2.29. The first-order valence-corrected chi connectivity index (χ1v) is 5.64. The smallest absolute Gasteiger partial charge is 0.171 e. The molecule has 16 heavy (non-hydrogen) atoms. The van der Waals surface area contributed by atoms with Crippen LogP contribution in [0.1, 0.15) is 38.7 Å². The van der Waals surface area contributed by atoms with Gasteiger partial charge >= 0.3 is 0 Å². The van der Waals surface area contributed by atoms with Gasteiger partial charge in [-0.25, -0.2) is 4.39 Å². The highest BCUT2D eigenvalue weighted by Gasteiger charge is 2.30. The van der Waals surface area contributed by atoms with Crippen molar-refractivity contribution in [3.63, 3.8) is 0 Å². The number of hydrogen-bond donors (Lipinski definition) is 1. The number of methoxy groups -OCH3 is 1. The lowest BCUT2D eigenvalue weighted by molar-refractivity contribution is 0.0188. The number of aliphatic hydroxyl groups is 1. The Bertz CT molecular complexity index is 352. The fourth-order valence-electron chi connectivity index (χ4n) is 1.94. The first-order chi connectivity index (χ1) is 7.59. The lowest BCUT2D eigenvalue weighted by Crippen LogP contribution is -2.26. The third-order valence-corrected chi connectivity index (χ3v) is 2.93. The van der Waals surface area contributed by atoms with Crippen molar-refractivity contribution in [3.8, 4) is 5.75 Å². The molecule has 0 aliphatic heterocycles. The van der Waals surface area contributed by atoms with E-state index in [0.29, 0.717) is 18.4 Å². The maximum absolute atomic E-state index is 14.0. The van der Waals surface area contributed by atoms with Gasteiger partial charge in [-0.05, 0) is 18.9 Å². The van der Waals surface area contributed by atoms with Crippen LogP contribution in [0.5, 0.6) is 5.75 Å². The van der Waals surface area contributed by atoms with Crippen molar-refractivity contribution >= 4 is 0 Å². The second-order valence-electron chi connectivity index (χ2n) is 3.96. The Balaban J connectivity index is 3.19. The van der Waals surface area contributed by atoms with E-state index in [9.17, 15) is 9.50 Å². The van der Waals surface area contributed by atoms with Gasteiger partial charge in [0.05, 0.1) is 12.7 Å². The summed E-state index contributed by atoms with van der Waals surface area (Å²) in [6.07, 6.45) is 1.85. The largest absolute Gasteiger partial charge is 0.494 e. The fourth-order valence-corrected chi connectivity index (χ4v) is 1.94. The second-order valence-corrected chi connectivity index (χ2v) is 3.96. The van der Waals surface area contributed by atoms with Gasteiger partial charge in [-0.15, -0.1) is 0 Å². The summed E-state index contributed by atoms with van der Waals surface area (Å²) in [5.74, 6) is -0.275. The average molecular weight is 226 g/mol. The van der Waals surface area contributed by atoms with Gasteiger partial charge in [0.15, 0.2) is 11.6 Å². The minimum atomic E-state index is -1.09. The molecule has 1 N–H and O–H groups in total. The van der Waals surface area contributed by atoms with Crippen molar-refractivity contribution in [1.82, 2.24) is 0 Å². The number of ether oxygens (including phenoxy) is 1. The highest BCUT2D eigenvalue weighted by atomic mass is 19.1. The molecular weight excluding hydrogens is 207 g/mol. The number of benzene rings is 1. The van der Waals surface area contributed by atoms with Crippen molar-refractivity contribution in [1.29, 1.82) is 0 Å². The van der Waals surface area contributed by atoms with E-state index in [4.69, 9.17) is 4.74 Å². The molecule has 0 amide bonds. The fraction of sp³-hybridized carbons (Fsp3) is 0.538. The standard InChI is InChI=1S/C13H19FO2/c1-4-9-13(15,5-2)10-7-6-8-11(16-3)12(10)14/h6-8,15H,4-5,9H2,1-3H3. The number of halogens is 1. The molecule has 1 unspecified atom stereocenters. The normalized spacial score (nSPS) is 14.6. The SMILES string of the molecule is CCCC(O)(CC)c1cccc(OC)c1F. The zero-order valence-corrected chi connectivity index (χ0v) is 10.1. The Labute approximate surface area is 96.1 Å². The van der Waals surface area contributed by atoms with E-state index in [1.807, 2.05) is 13.8 Å². The molecule has 0 heterocycles. The maximum Gasteiger partial charge on any atom is 0.171 e. The summed E-state index contributed by atoms with van der Waals surface area (Å²) in [7, 11) is 1.42. The van der Waals surface area contributed by atoms with Gasteiger partial charge in [-0.2, -0.15) is 0 Å². The van der Waals surface area contributed by atoms with Gasteiger partial charge in [0.25, 0.3) is 0 Å². The van der Waals surface area contributed by atoms with Crippen LogP contribution in [-0.4, -0.2) is 12.2 Å². The Hall–Kier alpha value is -1.09. The Kier molecular flexibility index (Phi) is 4.30. The van der Waals surface area contributed by atoms with Crippen molar-refractivity contribution in [2.45, 2.75) is 38.7 Å². The van der Waals surface area contributed by atoms with Crippen molar-refractivity contribution < 1.29 is 14.2 Å². The lowest BCUT2D eigenvalue weighted by atomic mass is 9.86. The molecule has 1 aromatic rings. The Morgan fingerprint density at radius 3 is 2.56 bits per heavy atom. The van der Waals surface area contributed by atoms with Crippen LogP contribution in [0, 0.1) is 5.82 Å². The number of rotatable bonds is 5. The van der Waals surface area contributed by atoms with Gasteiger partial charge in [0.2, 0.25) is 0 Å². The van der Waals surface area contributed by atoms with Crippen LogP contribution in [0.25, 0.3) is 0 Å². The highest BCUT2D eigenvalue weighted by Crippen LogP contribution is 2.34. The van der Waals surface area contributed by atoms with Crippen LogP contribution >= 0.6 is 0 Å². The molecule has 0 aromatic heterocycles. The van der Waals surface area contributed by atoms with Crippen LogP contribution in [0.3, 0.4) is 0 Å². The lowest BCUT2D eigenvalue weighted by Gasteiger charge is -2.27. The van der Waals surface area contributed by atoms with Crippen LogP contribution in [-0.2, 0) is 5.60 Å². The zero-order valence-electron chi connectivity index (χ0n) is 10.1. The molecule has 1 rings (SSSR count). The summed E-state index contributed by atoms with van der Waals surface area (Å²) >= 11 is 0. The molecule has 1 atom stereocenters. The van der Waals surface area contributed by atoms with Crippen LogP contribution in [0.4, 0.5) is 4.39 Å². The van der Waals surface area contributed by atoms with E-state index in [1.54, 1.807) is 18.2 Å². The Morgan fingerprint density at radius 2 is 2.06 bits per heavy atom. The minimum Gasteiger partial charge on any atom is -0.494 e. The molecule has 0 bridgehead atoms. The molecule has 0 fully saturated rings. The van der Waals surface area contributed by atoms with Crippen LogP contribution < -0.4 is 4.74 Å². The summed E-state index contributed by atoms with van der Waals surface area (Å²) in [5, 5.41) is 10.4. The molecule has 0 saturated heterocycles.